The van der Waals surface area contributed by atoms with Crippen molar-refractivity contribution in [1.29, 1.82) is 0 Å². The molecule has 22 heavy (non-hydrogen) atoms. The van der Waals surface area contributed by atoms with Gasteiger partial charge in [-0.15, -0.1) is 0 Å². The maximum Gasteiger partial charge on any atom is 0.331 e. The molecule has 0 aromatic heterocycles. The number of ether oxygens (including phenoxy) is 1. The van der Waals surface area contributed by atoms with Gasteiger partial charge in [-0.25, -0.2) is 4.79 Å². The minimum Gasteiger partial charge on any atom is -0.458 e. The van der Waals surface area contributed by atoms with Crippen LogP contribution in [0, 0.1) is 22.7 Å². The molecule has 3 rings (SSSR count). The minimum absolute atomic E-state index is 0.166. The molecular weight excluding hydrogens is 272 g/mol. The van der Waals surface area contributed by atoms with Crippen molar-refractivity contribution in [2.75, 3.05) is 6.61 Å². The molecule has 2 unspecified atom stereocenters. The van der Waals surface area contributed by atoms with Gasteiger partial charge in [0.2, 0.25) is 0 Å². The molecule has 0 bridgehead atoms. The van der Waals surface area contributed by atoms with E-state index in [2.05, 4.69) is 27.4 Å². The zero-order valence-electron chi connectivity index (χ0n) is 14.4. The Labute approximate surface area is 135 Å². The quantitative estimate of drug-likeness (QED) is 0.539. The maximum absolute atomic E-state index is 11.2. The van der Waals surface area contributed by atoms with Crippen molar-refractivity contribution in [3.8, 4) is 0 Å². The molecule has 0 amide bonds. The highest BCUT2D eigenvalue weighted by molar-refractivity contribution is 5.85. The number of esters is 1. The van der Waals surface area contributed by atoms with E-state index >= 15 is 0 Å². The van der Waals surface area contributed by atoms with E-state index in [1.54, 1.807) is 6.08 Å². The molecule has 122 valence electrons. The van der Waals surface area contributed by atoms with Crippen molar-refractivity contribution in [2.24, 2.45) is 22.7 Å². The van der Waals surface area contributed by atoms with Crippen molar-refractivity contribution >= 4 is 5.97 Å². The number of hydrogen-bond acceptors (Lipinski definition) is 2. The summed E-state index contributed by atoms with van der Waals surface area (Å²) in [7, 11) is 0. The summed E-state index contributed by atoms with van der Waals surface area (Å²) in [6.45, 7) is 12.4. The number of fused-ring (bicyclic) bond motifs is 1. The van der Waals surface area contributed by atoms with Gasteiger partial charge in [0.1, 0.15) is 6.61 Å². The summed E-state index contributed by atoms with van der Waals surface area (Å²) in [6.07, 6.45) is 10.3. The van der Waals surface area contributed by atoms with Gasteiger partial charge in [-0.2, -0.15) is 0 Å². The molecule has 0 saturated heterocycles. The first kappa shape index (κ1) is 15.8. The third-order valence-corrected chi connectivity index (χ3v) is 6.79. The zero-order valence-corrected chi connectivity index (χ0v) is 14.4. The van der Waals surface area contributed by atoms with Gasteiger partial charge in [0.25, 0.3) is 0 Å². The van der Waals surface area contributed by atoms with Crippen LogP contribution in [0.1, 0.15) is 65.7 Å². The predicted octanol–water partition coefficient (Wildman–Crippen LogP) is 5.05. The molecule has 2 saturated carbocycles. The smallest absolute Gasteiger partial charge is 0.331 e. The van der Waals surface area contributed by atoms with Gasteiger partial charge in [-0.1, -0.05) is 39.3 Å². The van der Waals surface area contributed by atoms with E-state index in [0.717, 1.165) is 18.8 Å². The molecule has 2 nitrogen and oxygen atoms in total. The number of carbonyl (C=O) groups is 1. The van der Waals surface area contributed by atoms with Gasteiger partial charge >= 0.3 is 5.97 Å². The Bertz CT molecular complexity index is 514. The molecule has 0 N–H and O–H groups in total. The Morgan fingerprint density at radius 3 is 2.77 bits per heavy atom. The van der Waals surface area contributed by atoms with Crippen LogP contribution in [0.5, 0.6) is 0 Å². The molecule has 1 aliphatic heterocycles. The summed E-state index contributed by atoms with van der Waals surface area (Å²) in [5.41, 5.74) is 3.46. The van der Waals surface area contributed by atoms with Crippen molar-refractivity contribution in [2.45, 2.75) is 65.7 Å². The van der Waals surface area contributed by atoms with Crippen LogP contribution in [0.25, 0.3) is 0 Å². The Kier molecular flexibility index (Phi) is 3.99. The third-order valence-electron chi connectivity index (χ3n) is 6.79. The van der Waals surface area contributed by atoms with Crippen LogP contribution in [-0.4, -0.2) is 12.6 Å². The second-order valence-corrected chi connectivity index (χ2v) is 8.60. The normalized spacial score (nSPS) is 37.5. The van der Waals surface area contributed by atoms with Crippen molar-refractivity contribution in [3.05, 3.63) is 23.8 Å². The highest BCUT2D eigenvalue weighted by Gasteiger charge is 2.52. The van der Waals surface area contributed by atoms with E-state index in [-0.39, 0.29) is 5.97 Å². The molecule has 3 atom stereocenters. The number of allylic oxidation sites excluding steroid dienone is 1. The summed E-state index contributed by atoms with van der Waals surface area (Å²) in [5, 5.41) is 0. The number of rotatable bonds is 3. The SMILES string of the molecule is C=C1CCC2C(C)(C)CCC[C@]2(C)C1CCC1=CC(=O)OC1. The first-order chi connectivity index (χ1) is 10.3. The standard InChI is InChI=1S/C20H30O2/c1-14-6-9-17-19(2,3)10-5-11-20(17,4)16(14)8-7-15-12-18(21)22-13-15/h12,16-17H,1,5-11,13H2,2-4H3/t16?,17?,20-/m1/s1. The highest BCUT2D eigenvalue weighted by atomic mass is 16.5. The van der Waals surface area contributed by atoms with Crippen molar-refractivity contribution in [3.63, 3.8) is 0 Å². The fourth-order valence-corrected chi connectivity index (χ4v) is 5.70. The monoisotopic (exact) mass is 302 g/mol. The summed E-state index contributed by atoms with van der Waals surface area (Å²) in [5.74, 6) is 1.24. The van der Waals surface area contributed by atoms with E-state index in [1.807, 2.05) is 0 Å². The molecule has 1 heterocycles. The van der Waals surface area contributed by atoms with Crippen molar-refractivity contribution in [1.82, 2.24) is 0 Å². The lowest BCUT2D eigenvalue weighted by Gasteiger charge is -2.58. The summed E-state index contributed by atoms with van der Waals surface area (Å²) in [4.78, 5) is 11.2. The Morgan fingerprint density at radius 1 is 1.32 bits per heavy atom. The van der Waals surface area contributed by atoms with Gasteiger partial charge in [0, 0.05) is 6.08 Å². The molecule has 2 aliphatic carbocycles. The molecule has 3 aliphatic rings. The van der Waals surface area contributed by atoms with Crippen LogP contribution in [0.4, 0.5) is 0 Å². The second-order valence-electron chi connectivity index (χ2n) is 8.60. The van der Waals surface area contributed by atoms with E-state index < -0.39 is 0 Å². The van der Waals surface area contributed by atoms with E-state index in [1.165, 1.54) is 43.3 Å². The van der Waals surface area contributed by atoms with E-state index in [0.29, 0.717) is 23.4 Å². The number of carbonyl (C=O) groups excluding carboxylic acids is 1. The number of hydrogen-bond donors (Lipinski definition) is 0. The van der Waals surface area contributed by atoms with Crippen LogP contribution < -0.4 is 0 Å². The lowest BCUT2D eigenvalue weighted by atomic mass is 9.47. The molecule has 0 spiro atoms. The number of cyclic esters (lactones) is 1. The lowest BCUT2D eigenvalue weighted by molar-refractivity contribution is -0.134. The van der Waals surface area contributed by atoms with Crippen molar-refractivity contribution < 1.29 is 9.53 Å². The maximum atomic E-state index is 11.2. The molecule has 2 heteroatoms. The Hall–Kier alpha value is -1.05. The van der Waals surface area contributed by atoms with Gasteiger partial charge in [-0.05, 0) is 66.8 Å². The molecular formula is C20H30O2. The van der Waals surface area contributed by atoms with Crippen LogP contribution >= 0.6 is 0 Å². The zero-order chi connectivity index (χ0) is 16.0. The molecule has 2 fully saturated rings. The predicted molar refractivity (Wildman–Crippen MR) is 89.4 cm³/mol. The summed E-state index contributed by atoms with van der Waals surface area (Å²) in [6, 6.07) is 0. The highest BCUT2D eigenvalue weighted by Crippen LogP contribution is 2.61. The first-order valence-electron chi connectivity index (χ1n) is 8.87. The van der Waals surface area contributed by atoms with Crippen LogP contribution in [0.15, 0.2) is 23.8 Å². The van der Waals surface area contributed by atoms with Gasteiger partial charge < -0.3 is 4.74 Å². The van der Waals surface area contributed by atoms with Crippen LogP contribution in [0.3, 0.4) is 0 Å². The third kappa shape index (κ3) is 2.66. The topological polar surface area (TPSA) is 26.3 Å². The van der Waals surface area contributed by atoms with Crippen LogP contribution in [-0.2, 0) is 9.53 Å². The van der Waals surface area contributed by atoms with Gasteiger partial charge in [-0.3, -0.25) is 0 Å². The Morgan fingerprint density at radius 2 is 2.09 bits per heavy atom. The minimum atomic E-state index is -0.166. The van der Waals surface area contributed by atoms with E-state index in [9.17, 15) is 4.79 Å². The summed E-state index contributed by atoms with van der Waals surface area (Å²) < 4.78 is 5.04. The largest absolute Gasteiger partial charge is 0.458 e. The summed E-state index contributed by atoms with van der Waals surface area (Å²) >= 11 is 0. The molecule has 0 aromatic carbocycles. The molecule has 0 aromatic rings. The molecule has 0 radical (unpaired) electrons. The second kappa shape index (κ2) is 5.54. The van der Waals surface area contributed by atoms with Gasteiger partial charge in [0.15, 0.2) is 0 Å². The van der Waals surface area contributed by atoms with Gasteiger partial charge in [0.05, 0.1) is 0 Å². The van der Waals surface area contributed by atoms with Crippen LogP contribution in [0.2, 0.25) is 0 Å². The lowest BCUT2D eigenvalue weighted by Crippen LogP contribution is -2.49. The fraction of sp³-hybridized carbons (Fsp3) is 0.750. The fourth-order valence-electron chi connectivity index (χ4n) is 5.70. The first-order valence-corrected chi connectivity index (χ1v) is 8.87. The van der Waals surface area contributed by atoms with E-state index in [4.69, 9.17) is 4.74 Å². The average molecular weight is 302 g/mol. The average Bonchev–Trinajstić information content (AvgIpc) is 2.82. The Balaban J connectivity index is 1.77.